The average molecular weight is 354 g/mol. The minimum atomic E-state index is -3.74. The molecule has 1 N–H and O–H groups in total. The lowest BCUT2D eigenvalue weighted by Gasteiger charge is -2.15. The molecular formula is C17H16F2O4S. The van der Waals surface area contributed by atoms with Gasteiger partial charge in [0.15, 0.2) is 9.84 Å². The van der Waals surface area contributed by atoms with Crippen molar-refractivity contribution < 1.29 is 27.0 Å². The van der Waals surface area contributed by atoms with Crippen molar-refractivity contribution in [1.82, 2.24) is 0 Å². The van der Waals surface area contributed by atoms with Crippen molar-refractivity contribution in [2.45, 2.75) is 29.9 Å². The second-order valence-electron chi connectivity index (χ2n) is 5.84. The lowest BCUT2D eigenvalue weighted by atomic mass is 10.1. The summed E-state index contributed by atoms with van der Waals surface area (Å²) in [4.78, 5) is -0.283. The number of fused-ring (bicyclic) bond motifs is 1. The van der Waals surface area contributed by atoms with Crippen LogP contribution in [0.2, 0.25) is 0 Å². The zero-order valence-corrected chi connectivity index (χ0v) is 13.7. The average Bonchev–Trinajstić information content (AvgIpc) is 2.75. The third-order valence-corrected chi connectivity index (χ3v) is 5.15. The first-order chi connectivity index (χ1) is 11.2. The highest BCUT2D eigenvalue weighted by Gasteiger charge is 2.50. The van der Waals surface area contributed by atoms with Crippen molar-refractivity contribution in [3.8, 4) is 5.75 Å². The lowest BCUT2D eigenvalue weighted by Crippen LogP contribution is -2.22. The number of sulfone groups is 1. The Hall–Kier alpha value is -1.99. The van der Waals surface area contributed by atoms with Crippen LogP contribution in [0.25, 0.3) is 0 Å². The van der Waals surface area contributed by atoms with E-state index in [0.29, 0.717) is 0 Å². The minimum absolute atomic E-state index is 0.0476. The zero-order valence-electron chi connectivity index (χ0n) is 12.9. The van der Waals surface area contributed by atoms with E-state index in [1.165, 1.54) is 12.1 Å². The minimum Gasteiger partial charge on any atom is -0.489 e. The molecule has 2 aromatic carbocycles. The van der Waals surface area contributed by atoms with E-state index < -0.39 is 28.3 Å². The van der Waals surface area contributed by atoms with Gasteiger partial charge in [-0.15, -0.1) is 0 Å². The molecule has 0 amide bonds. The van der Waals surface area contributed by atoms with Gasteiger partial charge in [-0.2, -0.15) is 0 Å². The summed E-state index contributed by atoms with van der Waals surface area (Å²) in [7, 11) is -3.74. The maximum atomic E-state index is 13.9. The molecule has 24 heavy (non-hydrogen) atoms. The quantitative estimate of drug-likeness (QED) is 0.917. The Labute approximate surface area is 138 Å². The first kappa shape index (κ1) is 16.9. The van der Waals surface area contributed by atoms with Crippen LogP contribution in [0.1, 0.15) is 22.8 Å². The summed E-state index contributed by atoms with van der Waals surface area (Å²) in [5, 5.41) is 9.89. The predicted molar refractivity (Wildman–Crippen MR) is 83.9 cm³/mol. The molecule has 0 bridgehead atoms. The van der Waals surface area contributed by atoms with Gasteiger partial charge in [0.1, 0.15) is 18.5 Å². The van der Waals surface area contributed by atoms with Gasteiger partial charge in [-0.3, -0.25) is 0 Å². The number of ether oxygens (including phenoxy) is 1. The molecule has 1 atom stereocenters. The van der Waals surface area contributed by atoms with Crippen LogP contribution in [0.3, 0.4) is 0 Å². The molecule has 128 valence electrons. The van der Waals surface area contributed by atoms with Crippen molar-refractivity contribution in [1.29, 1.82) is 0 Å². The van der Waals surface area contributed by atoms with E-state index in [9.17, 15) is 22.3 Å². The Morgan fingerprint density at radius 2 is 1.88 bits per heavy atom. The zero-order chi connectivity index (χ0) is 17.5. The molecule has 4 nitrogen and oxygen atoms in total. The second-order valence-corrected chi connectivity index (χ2v) is 7.83. The van der Waals surface area contributed by atoms with E-state index in [-0.39, 0.29) is 28.4 Å². The molecule has 7 heteroatoms. The number of halogens is 2. The Morgan fingerprint density at radius 3 is 2.50 bits per heavy atom. The van der Waals surface area contributed by atoms with Crippen molar-refractivity contribution in [3.63, 3.8) is 0 Å². The van der Waals surface area contributed by atoms with Crippen LogP contribution in [0, 0.1) is 0 Å². The van der Waals surface area contributed by atoms with Crippen LogP contribution < -0.4 is 4.74 Å². The topological polar surface area (TPSA) is 63.6 Å². The summed E-state index contributed by atoms with van der Waals surface area (Å²) in [6, 6.07) is 11.7. The van der Waals surface area contributed by atoms with Gasteiger partial charge in [-0.05, 0) is 17.7 Å². The molecular weight excluding hydrogens is 338 g/mol. The molecule has 1 aliphatic rings. The summed E-state index contributed by atoms with van der Waals surface area (Å²) < 4.78 is 57.2. The van der Waals surface area contributed by atoms with Gasteiger partial charge in [0.2, 0.25) is 0 Å². The molecule has 0 fully saturated rings. The lowest BCUT2D eigenvalue weighted by molar-refractivity contribution is -0.0976. The molecule has 0 spiro atoms. The molecule has 0 heterocycles. The molecule has 2 aromatic rings. The van der Waals surface area contributed by atoms with Crippen molar-refractivity contribution in [2.24, 2.45) is 0 Å². The number of hydrogen-bond donors (Lipinski definition) is 1. The fraction of sp³-hybridized carbons (Fsp3) is 0.294. The van der Waals surface area contributed by atoms with E-state index in [1.54, 1.807) is 0 Å². The standard InChI is InChI=1S/C17H16F2O4S/c1-24(21,22)14-8-7-13(23-10-11-5-3-2-4-6-11)12-9-17(18,19)16(20)15(12)14/h2-8,16,20H,9-10H2,1H3/t16-/m0/s1. The van der Waals surface area contributed by atoms with E-state index in [0.717, 1.165) is 11.8 Å². The highest BCUT2D eigenvalue weighted by atomic mass is 32.2. The summed E-state index contributed by atoms with van der Waals surface area (Å²) in [5.41, 5.74) is 0.642. The number of alkyl halides is 2. The third-order valence-electron chi connectivity index (χ3n) is 4.00. The summed E-state index contributed by atoms with van der Waals surface area (Å²) in [6.07, 6.45) is -1.98. The Balaban J connectivity index is 2.02. The van der Waals surface area contributed by atoms with Crippen molar-refractivity contribution in [3.05, 3.63) is 59.2 Å². The molecule has 3 rings (SSSR count). The fourth-order valence-electron chi connectivity index (χ4n) is 2.84. The highest BCUT2D eigenvalue weighted by Crippen LogP contribution is 2.49. The number of aliphatic hydroxyl groups excluding tert-OH is 1. The molecule has 0 saturated heterocycles. The van der Waals surface area contributed by atoms with Crippen molar-refractivity contribution in [2.75, 3.05) is 6.26 Å². The third kappa shape index (κ3) is 3.01. The number of benzene rings is 2. The van der Waals surface area contributed by atoms with E-state index in [2.05, 4.69) is 0 Å². The second kappa shape index (κ2) is 5.82. The van der Waals surface area contributed by atoms with Crippen molar-refractivity contribution >= 4 is 9.84 Å². The molecule has 0 saturated carbocycles. The van der Waals surface area contributed by atoms with Gasteiger partial charge in [-0.1, -0.05) is 30.3 Å². The Bertz CT molecular complexity index is 864. The van der Waals surface area contributed by atoms with Crippen LogP contribution in [0.4, 0.5) is 8.78 Å². The van der Waals surface area contributed by atoms with Crippen LogP contribution in [0.5, 0.6) is 5.75 Å². The van der Waals surface area contributed by atoms with E-state index >= 15 is 0 Å². The fourth-order valence-corrected chi connectivity index (χ4v) is 3.79. The first-order valence-corrected chi connectivity index (χ1v) is 9.18. The first-order valence-electron chi connectivity index (χ1n) is 7.28. The smallest absolute Gasteiger partial charge is 0.281 e. The van der Waals surface area contributed by atoms with Crippen LogP contribution in [-0.4, -0.2) is 25.7 Å². The van der Waals surface area contributed by atoms with Crippen LogP contribution >= 0.6 is 0 Å². The molecule has 0 radical (unpaired) electrons. The highest BCUT2D eigenvalue weighted by molar-refractivity contribution is 7.90. The van der Waals surface area contributed by atoms with Gasteiger partial charge in [0.25, 0.3) is 5.92 Å². The monoisotopic (exact) mass is 354 g/mol. The van der Waals surface area contributed by atoms with Gasteiger partial charge in [0.05, 0.1) is 4.90 Å². The van der Waals surface area contributed by atoms with Crippen LogP contribution in [0.15, 0.2) is 47.4 Å². The molecule has 1 aliphatic carbocycles. The molecule has 0 aliphatic heterocycles. The van der Waals surface area contributed by atoms with E-state index in [4.69, 9.17) is 4.74 Å². The SMILES string of the molecule is CS(=O)(=O)c1ccc(OCc2ccccc2)c2c1[C@H](O)C(F)(F)C2. The number of rotatable bonds is 4. The van der Waals surface area contributed by atoms with E-state index in [1.807, 2.05) is 30.3 Å². The largest absolute Gasteiger partial charge is 0.489 e. The summed E-state index contributed by atoms with van der Waals surface area (Å²) in [6.45, 7) is 0.160. The maximum Gasteiger partial charge on any atom is 0.281 e. The summed E-state index contributed by atoms with van der Waals surface area (Å²) >= 11 is 0. The number of aliphatic hydroxyl groups is 1. The number of hydrogen-bond acceptors (Lipinski definition) is 4. The summed E-state index contributed by atoms with van der Waals surface area (Å²) in [5.74, 6) is -3.26. The van der Waals surface area contributed by atoms with Gasteiger partial charge in [0, 0.05) is 23.8 Å². The molecule has 0 aromatic heterocycles. The van der Waals surface area contributed by atoms with Gasteiger partial charge < -0.3 is 9.84 Å². The normalized spacial score (nSPS) is 19.1. The molecule has 0 unspecified atom stereocenters. The van der Waals surface area contributed by atoms with Gasteiger partial charge >= 0.3 is 0 Å². The predicted octanol–water partition coefficient (Wildman–Crippen LogP) is 2.89. The maximum absolute atomic E-state index is 13.9. The van der Waals surface area contributed by atoms with Crippen LogP contribution in [-0.2, 0) is 22.9 Å². The Morgan fingerprint density at radius 1 is 1.21 bits per heavy atom. The Kier molecular flexibility index (Phi) is 4.09. The van der Waals surface area contributed by atoms with Gasteiger partial charge in [-0.25, -0.2) is 17.2 Å².